The standard InChI is InChI=1S/C23H34N4O2/c1-5-24-23(25-17-19-7-11-21(28-4)12-8-19)26-18-20-9-13-22(14-10-20)29-16-6-15-27(2)3/h7-14H,5-6,15-18H2,1-4H3,(H2,24,25,26). The molecular weight excluding hydrogens is 364 g/mol. The number of aliphatic imine (C=N–C) groups is 1. The molecular formula is C23H34N4O2. The molecule has 0 unspecified atom stereocenters. The van der Waals surface area contributed by atoms with Crippen molar-refractivity contribution < 1.29 is 9.47 Å². The quantitative estimate of drug-likeness (QED) is 0.346. The van der Waals surface area contributed by atoms with E-state index in [1.807, 2.05) is 36.4 Å². The van der Waals surface area contributed by atoms with E-state index >= 15 is 0 Å². The van der Waals surface area contributed by atoms with Crippen LogP contribution in [0.2, 0.25) is 0 Å². The molecule has 0 heterocycles. The fraction of sp³-hybridized carbons (Fsp3) is 0.435. The summed E-state index contributed by atoms with van der Waals surface area (Å²) in [4.78, 5) is 6.82. The largest absolute Gasteiger partial charge is 0.497 e. The molecule has 0 aliphatic rings. The van der Waals surface area contributed by atoms with Gasteiger partial charge in [-0.05, 0) is 62.8 Å². The average Bonchev–Trinajstić information content (AvgIpc) is 2.74. The van der Waals surface area contributed by atoms with E-state index in [1.54, 1.807) is 7.11 Å². The van der Waals surface area contributed by atoms with Crippen LogP contribution < -0.4 is 20.1 Å². The Morgan fingerprint density at radius 2 is 1.59 bits per heavy atom. The summed E-state index contributed by atoms with van der Waals surface area (Å²) in [5, 5.41) is 6.67. The van der Waals surface area contributed by atoms with Crippen molar-refractivity contribution in [3.05, 3.63) is 59.7 Å². The third-order valence-corrected chi connectivity index (χ3v) is 4.32. The molecule has 0 aliphatic heterocycles. The molecule has 0 aliphatic carbocycles. The minimum absolute atomic E-state index is 0.610. The van der Waals surface area contributed by atoms with Gasteiger partial charge in [-0.2, -0.15) is 0 Å². The zero-order valence-corrected chi connectivity index (χ0v) is 18.1. The van der Waals surface area contributed by atoms with Crippen LogP contribution in [0.1, 0.15) is 24.5 Å². The van der Waals surface area contributed by atoms with E-state index < -0.39 is 0 Å². The molecule has 2 aromatic rings. The van der Waals surface area contributed by atoms with Crippen molar-refractivity contribution in [1.82, 2.24) is 15.5 Å². The van der Waals surface area contributed by atoms with E-state index in [0.29, 0.717) is 13.1 Å². The number of benzene rings is 2. The Labute approximate surface area is 174 Å². The van der Waals surface area contributed by atoms with Gasteiger partial charge in [0.05, 0.1) is 20.3 Å². The summed E-state index contributed by atoms with van der Waals surface area (Å²) >= 11 is 0. The summed E-state index contributed by atoms with van der Waals surface area (Å²) in [5.41, 5.74) is 2.32. The maximum atomic E-state index is 5.79. The lowest BCUT2D eigenvalue weighted by molar-refractivity contribution is 0.281. The molecule has 29 heavy (non-hydrogen) atoms. The van der Waals surface area contributed by atoms with Crippen molar-refractivity contribution in [3.63, 3.8) is 0 Å². The van der Waals surface area contributed by atoms with Crippen LogP contribution in [0, 0.1) is 0 Å². The summed E-state index contributed by atoms with van der Waals surface area (Å²) in [6.07, 6.45) is 1.02. The minimum atomic E-state index is 0.610. The number of ether oxygens (including phenoxy) is 2. The zero-order chi connectivity index (χ0) is 20.9. The molecule has 0 atom stereocenters. The summed E-state index contributed by atoms with van der Waals surface area (Å²) in [6.45, 7) is 5.96. The topological polar surface area (TPSA) is 58.1 Å². The minimum Gasteiger partial charge on any atom is -0.497 e. The third-order valence-electron chi connectivity index (χ3n) is 4.32. The third kappa shape index (κ3) is 8.87. The van der Waals surface area contributed by atoms with Crippen LogP contribution >= 0.6 is 0 Å². The van der Waals surface area contributed by atoms with Crippen molar-refractivity contribution in [1.29, 1.82) is 0 Å². The molecule has 2 aromatic carbocycles. The summed E-state index contributed by atoms with van der Waals surface area (Å²) in [7, 11) is 5.82. The Morgan fingerprint density at radius 1 is 0.931 bits per heavy atom. The van der Waals surface area contributed by atoms with Gasteiger partial charge in [-0.25, -0.2) is 4.99 Å². The second-order valence-corrected chi connectivity index (χ2v) is 7.05. The smallest absolute Gasteiger partial charge is 0.191 e. The number of guanidine groups is 1. The molecule has 2 rings (SSSR count). The number of rotatable bonds is 11. The Balaban J connectivity index is 1.82. The van der Waals surface area contributed by atoms with Crippen molar-refractivity contribution in [2.75, 3.05) is 40.9 Å². The number of methoxy groups -OCH3 is 1. The fourth-order valence-electron chi connectivity index (χ4n) is 2.70. The lowest BCUT2D eigenvalue weighted by Gasteiger charge is -2.13. The normalized spacial score (nSPS) is 11.4. The average molecular weight is 399 g/mol. The van der Waals surface area contributed by atoms with Crippen LogP contribution in [0.3, 0.4) is 0 Å². The fourth-order valence-corrected chi connectivity index (χ4v) is 2.70. The van der Waals surface area contributed by atoms with E-state index in [0.717, 1.165) is 49.1 Å². The highest BCUT2D eigenvalue weighted by Crippen LogP contribution is 2.13. The number of nitrogens with one attached hydrogen (secondary N) is 2. The molecule has 0 spiro atoms. The Kier molecular flexibility index (Phi) is 9.86. The monoisotopic (exact) mass is 398 g/mol. The molecule has 0 fully saturated rings. The molecule has 0 radical (unpaired) electrons. The van der Waals surface area contributed by atoms with Gasteiger partial charge < -0.3 is 25.0 Å². The lowest BCUT2D eigenvalue weighted by Crippen LogP contribution is -2.36. The van der Waals surface area contributed by atoms with Gasteiger partial charge in [0.2, 0.25) is 0 Å². The van der Waals surface area contributed by atoms with Crippen molar-refractivity contribution in [2.24, 2.45) is 4.99 Å². The first-order valence-corrected chi connectivity index (χ1v) is 10.1. The second kappa shape index (κ2) is 12.7. The van der Waals surface area contributed by atoms with Crippen LogP contribution in [0.15, 0.2) is 53.5 Å². The molecule has 0 bridgehead atoms. The maximum Gasteiger partial charge on any atom is 0.191 e. The van der Waals surface area contributed by atoms with E-state index in [9.17, 15) is 0 Å². The second-order valence-electron chi connectivity index (χ2n) is 7.05. The van der Waals surface area contributed by atoms with Crippen molar-refractivity contribution in [2.45, 2.75) is 26.4 Å². The van der Waals surface area contributed by atoms with Gasteiger partial charge in [0.25, 0.3) is 0 Å². The first kappa shape index (κ1) is 22.6. The van der Waals surface area contributed by atoms with E-state index in [4.69, 9.17) is 9.47 Å². The Bertz CT molecular complexity index is 728. The first-order chi connectivity index (χ1) is 14.1. The van der Waals surface area contributed by atoms with Crippen LogP contribution in [0.5, 0.6) is 11.5 Å². The zero-order valence-electron chi connectivity index (χ0n) is 18.1. The van der Waals surface area contributed by atoms with Crippen LogP contribution in [0.4, 0.5) is 0 Å². The van der Waals surface area contributed by atoms with Gasteiger partial charge in [-0.3, -0.25) is 0 Å². The van der Waals surface area contributed by atoms with E-state index in [2.05, 4.69) is 53.7 Å². The lowest BCUT2D eigenvalue weighted by atomic mass is 10.2. The van der Waals surface area contributed by atoms with Crippen molar-refractivity contribution >= 4 is 5.96 Å². The Morgan fingerprint density at radius 3 is 2.21 bits per heavy atom. The molecule has 6 heteroatoms. The van der Waals surface area contributed by atoms with Gasteiger partial charge >= 0.3 is 0 Å². The summed E-state index contributed by atoms with van der Waals surface area (Å²) in [5.74, 6) is 2.56. The van der Waals surface area contributed by atoms with Gasteiger partial charge in [0, 0.05) is 19.6 Å². The molecule has 158 valence electrons. The molecule has 6 nitrogen and oxygen atoms in total. The molecule has 0 saturated heterocycles. The van der Waals surface area contributed by atoms with E-state index in [1.165, 1.54) is 5.56 Å². The first-order valence-electron chi connectivity index (χ1n) is 10.1. The molecule has 0 amide bonds. The number of hydrogen-bond acceptors (Lipinski definition) is 4. The Hall–Kier alpha value is -2.73. The summed E-state index contributed by atoms with van der Waals surface area (Å²) in [6, 6.07) is 16.2. The molecule has 2 N–H and O–H groups in total. The van der Waals surface area contributed by atoms with Crippen LogP contribution in [-0.2, 0) is 13.1 Å². The summed E-state index contributed by atoms with van der Waals surface area (Å²) < 4.78 is 11.0. The van der Waals surface area contributed by atoms with Crippen LogP contribution in [0.25, 0.3) is 0 Å². The highest BCUT2D eigenvalue weighted by Gasteiger charge is 2.01. The predicted octanol–water partition coefficient (Wildman–Crippen LogP) is 3.28. The highest BCUT2D eigenvalue weighted by molar-refractivity contribution is 5.79. The highest BCUT2D eigenvalue weighted by atomic mass is 16.5. The van der Waals surface area contributed by atoms with Gasteiger partial charge in [-0.1, -0.05) is 24.3 Å². The van der Waals surface area contributed by atoms with Gasteiger partial charge in [0.1, 0.15) is 11.5 Å². The maximum absolute atomic E-state index is 5.79. The molecule has 0 saturated carbocycles. The SMILES string of the molecule is CCNC(=NCc1ccc(OC)cc1)NCc1ccc(OCCCN(C)C)cc1. The predicted molar refractivity (Wildman–Crippen MR) is 120 cm³/mol. The molecule has 0 aromatic heterocycles. The number of nitrogens with zero attached hydrogens (tertiary/aromatic N) is 2. The van der Waals surface area contributed by atoms with Crippen LogP contribution in [-0.4, -0.2) is 51.8 Å². The van der Waals surface area contributed by atoms with E-state index in [-0.39, 0.29) is 0 Å². The number of hydrogen-bond donors (Lipinski definition) is 2. The van der Waals surface area contributed by atoms with Crippen molar-refractivity contribution in [3.8, 4) is 11.5 Å². The van der Waals surface area contributed by atoms with Gasteiger partial charge in [0.15, 0.2) is 5.96 Å². The van der Waals surface area contributed by atoms with Gasteiger partial charge in [-0.15, -0.1) is 0 Å².